The van der Waals surface area contributed by atoms with Gasteiger partial charge >= 0.3 is 0 Å². The molecule has 0 aliphatic carbocycles. The molecule has 0 radical (unpaired) electrons. The summed E-state index contributed by atoms with van der Waals surface area (Å²) < 4.78 is 1.10. The number of thiophene rings is 1. The molecule has 0 aromatic carbocycles. The van der Waals surface area contributed by atoms with Gasteiger partial charge in [-0.05, 0) is 17.9 Å². The second-order valence-corrected chi connectivity index (χ2v) is 6.69. The molecule has 2 aromatic rings. The van der Waals surface area contributed by atoms with Crippen molar-refractivity contribution < 1.29 is 0 Å². The van der Waals surface area contributed by atoms with Gasteiger partial charge in [0.2, 0.25) is 0 Å². The molecule has 0 spiro atoms. The monoisotopic (exact) mass is 270 g/mol. The summed E-state index contributed by atoms with van der Waals surface area (Å²) in [6.07, 6.45) is 2.83. The van der Waals surface area contributed by atoms with Gasteiger partial charge in [-0.25, -0.2) is 4.98 Å². The highest BCUT2D eigenvalue weighted by atomic mass is 32.2. The maximum Gasteiger partial charge on any atom is 0.150 e. The largest absolute Gasteiger partial charge is 0.326 e. The van der Waals surface area contributed by atoms with Crippen molar-refractivity contribution >= 4 is 34.4 Å². The van der Waals surface area contributed by atoms with Crippen LogP contribution in [0.25, 0.3) is 0 Å². The standard InChI is InChI=1S/C11H14N2S3/c1-2-8(12)10(9-4-3-6-14-9)16-11-13-5-7-15-11/h3-8,10H,2,12H2,1H3. The van der Waals surface area contributed by atoms with Crippen molar-refractivity contribution in [2.45, 2.75) is 29.0 Å². The summed E-state index contributed by atoms with van der Waals surface area (Å²) in [6, 6.07) is 4.43. The Morgan fingerprint density at radius 1 is 1.44 bits per heavy atom. The van der Waals surface area contributed by atoms with Crippen LogP contribution in [0.3, 0.4) is 0 Å². The molecule has 0 aliphatic heterocycles. The van der Waals surface area contributed by atoms with Crippen LogP contribution in [0.5, 0.6) is 0 Å². The number of aromatic nitrogens is 1. The highest BCUT2D eigenvalue weighted by molar-refractivity contribution is 8.01. The van der Waals surface area contributed by atoms with Gasteiger partial charge in [0.1, 0.15) is 4.34 Å². The van der Waals surface area contributed by atoms with Crippen molar-refractivity contribution in [3.8, 4) is 0 Å². The van der Waals surface area contributed by atoms with E-state index in [0.717, 1.165) is 10.8 Å². The Morgan fingerprint density at radius 3 is 2.88 bits per heavy atom. The molecular formula is C11H14N2S3. The lowest BCUT2D eigenvalue weighted by Gasteiger charge is -2.19. The minimum Gasteiger partial charge on any atom is -0.326 e. The SMILES string of the molecule is CCC(N)C(Sc1nccs1)c1cccs1. The number of hydrogen-bond acceptors (Lipinski definition) is 5. The van der Waals surface area contributed by atoms with Gasteiger partial charge in [-0.3, -0.25) is 0 Å². The van der Waals surface area contributed by atoms with Gasteiger partial charge in [-0.1, -0.05) is 24.8 Å². The number of thiazole rings is 1. The van der Waals surface area contributed by atoms with E-state index in [-0.39, 0.29) is 6.04 Å². The Bertz CT molecular complexity index is 397. The van der Waals surface area contributed by atoms with Crippen molar-refractivity contribution in [2.24, 2.45) is 5.73 Å². The summed E-state index contributed by atoms with van der Waals surface area (Å²) in [6.45, 7) is 2.13. The summed E-state index contributed by atoms with van der Waals surface area (Å²) in [7, 11) is 0. The van der Waals surface area contributed by atoms with E-state index in [0.29, 0.717) is 5.25 Å². The van der Waals surface area contributed by atoms with Crippen molar-refractivity contribution in [3.05, 3.63) is 34.0 Å². The van der Waals surface area contributed by atoms with E-state index in [1.165, 1.54) is 4.88 Å². The Hall–Kier alpha value is -0.360. The summed E-state index contributed by atoms with van der Waals surface area (Å²) in [5.41, 5.74) is 6.19. The van der Waals surface area contributed by atoms with Crippen LogP contribution in [0.4, 0.5) is 0 Å². The van der Waals surface area contributed by atoms with E-state index in [9.17, 15) is 0 Å². The fourth-order valence-electron chi connectivity index (χ4n) is 1.40. The summed E-state index contributed by atoms with van der Waals surface area (Å²) in [4.78, 5) is 5.66. The molecule has 2 N–H and O–H groups in total. The molecule has 0 saturated carbocycles. The van der Waals surface area contributed by atoms with Crippen molar-refractivity contribution in [2.75, 3.05) is 0 Å². The van der Waals surface area contributed by atoms with Gasteiger partial charge in [0.05, 0.1) is 5.25 Å². The Labute approximate surface area is 108 Å². The molecule has 2 heterocycles. The predicted molar refractivity (Wildman–Crippen MR) is 73.3 cm³/mol. The number of hydrogen-bond donors (Lipinski definition) is 1. The zero-order valence-electron chi connectivity index (χ0n) is 9.00. The van der Waals surface area contributed by atoms with E-state index in [1.807, 2.05) is 11.6 Å². The van der Waals surface area contributed by atoms with E-state index in [4.69, 9.17) is 5.73 Å². The summed E-state index contributed by atoms with van der Waals surface area (Å²) >= 11 is 5.23. The first-order valence-electron chi connectivity index (χ1n) is 5.16. The van der Waals surface area contributed by atoms with Gasteiger partial charge in [-0.2, -0.15) is 0 Å². The van der Waals surface area contributed by atoms with Crippen molar-refractivity contribution in [1.82, 2.24) is 4.98 Å². The van der Waals surface area contributed by atoms with Gasteiger partial charge in [0, 0.05) is 22.5 Å². The normalized spacial score (nSPS) is 14.9. The lowest BCUT2D eigenvalue weighted by molar-refractivity contribution is 0.640. The molecule has 0 fully saturated rings. The molecule has 2 rings (SSSR count). The predicted octanol–water partition coefficient (Wildman–Crippen LogP) is 3.78. The molecule has 86 valence electrons. The molecule has 0 aliphatic rings. The molecular weight excluding hydrogens is 256 g/mol. The van der Waals surface area contributed by atoms with Crippen LogP contribution >= 0.6 is 34.4 Å². The van der Waals surface area contributed by atoms with Gasteiger partial charge in [-0.15, -0.1) is 22.7 Å². The second kappa shape index (κ2) is 5.82. The first kappa shape index (κ1) is 12.1. The minimum atomic E-state index is 0.188. The van der Waals surface area contributed by atoms with Crippen LogP contribution in [0.15, 0.2) is 33.4 Å². The van der Waals surface area contributed by atoms with Crippen LogP contribution in [0, 0.1) is 0 Å². The average Bonchev–Trinajstić information content (AvgIpc) is 2.97. The lowest BCUT2D eigenvalue weighted by atomic mass is 10.1. The second-order valence-electron chi connectivity index (χ2n) is 3.42. The molecule has 2 aromatic heterocycles. The van der Waals surface area contributed by atoms with E-state index < -0.39 is 0 Å². The Morgan fingerprint density at radius 2 is 2.31 bits per heavy atom. The zero-order valence-corrected chi connectivity index (χ0v) is 11.4. The highest BCUT2D eigenvalue weighted by Gasteiger charge is 2.21. The molecule has 2 unspecified atom stereocenters. The molecule has 16 heavy (non-hydrogen) atoms. The third-order valence-corrected chi connectivity index (χ3v) is 5.73. The third-order valence-electron chi connectivity index (χ3n) is 2.32. The molecule has 2 nitrogen and oxygen atoms in total. The quantitative estimate of drug-likeness (QED) is 0.840. The van der Waals surface area contributed by atoms with Crippen LogP contribution in [0.1, 0.15) is 23.5 Å². The fourth-order valence-corrected chi connectivity index (χ4v) is 4.45. The van der Waals surface area contributed by atoms with Gasteiger partial charge < -0.3 is 5.73 Å². The van der Waals surface area contributed by atoms with Gasteiger partial charge in [0.25, 0.3) is 0 Å². The lowest BCUT2D eigenvalue weighted by Crippen LogP contribution is -2.25. The van der Waals surface area contributed by atoms with Crippen molar-refractivity contribution in [3.63, 3.8) is 0 Å². The topological polar surface area (TPSA) is 38.9 Å². The number of nitrogens with two attached hydrogens (primary N) is 1. The zero-order chi connectivity index (χ0) is 11.4. The first-order valence-corrected chi connectivity index (χ1v) is 7.80. The van der Waals surface area contributed by atoms with Crippen LogP contribution in [-0.2, 0) is 0 Å². The maximum absolute atomic E-state index is 6.19. The summed E-state index contributed by atoms with van der Waals surface area (Å²) in [5, 5.41) is 4.44. The number of thioether (sulfide) groups is 1. The van der Waals surface area contributed by atoms with Crippen LogP contribution < -0.4 is 5.73 Å². The minimum absolute atomic E-state index is 0.188. The van der Waals surface area contributed by atoms with Crippen molar-refractivity contribution in [1.29, 1.82) is 0 Å². The van der Waals surface area contributed by atoms with E-state index >= 15 is 0 Å². The van der Waals surface area contributed by atoms with E-state index in [1.54, 1.807) is 34.4 Å². The Balaban J connectivity index is 2.15. The Kier molecular flexibility index (Phi) is 4.40. The smallest absolute Gasteiger partial charge is 0.150 e. The molecule has 2 atom stereocenters. The van der Waals surface area contributed by atoms with Crippen LogP contribution in [-0.4, -0.2) is 11.0 Å². The maximum atomic E-state index is 6.19. The average molecular weight is 270 g/mol. The van der Waals surface area contributed by atoms with Crippen LogP contribution in [0.2, 0.25) is 0 Å². The first-order chi connectivity index (χ1) is 7.81. The molecule has 5 heteroatoms. The summed E-state index contributed by atoms with van der Waals surface area (Å²) in [5.74, 6) is 0. The highest BCUT2D eigenvalue weighted by Crippen LogP contribution is 2.40. The van der Waals surface area contributed by atoms with Gasteiger partial charge in [0.15, 0.2) is 0 Å². The van der Waals surface area contributed by atoms with E-state index in [2.05, 4.69) is 29.4 Å². The number of nitrogens with zero attached hydrogens (tertiary/aromatic N) is 1. The molecule has 0 amide bonds. The third kappa shape index (κ3) is 2.85. The number of rotatable bonds is 5. The molecule has 0 bridgehead atoms. The molecule has 0 saturated heterocycles. The fraction of sp³-hybridized carbons (Fsp3) is 0.364.